The average Bonchev–Trinajstić information content (AvgIpc) is 3.05. The van der Waals surface area contributed by atoms with Crippen LogP contribution in [-0.2, 0) is 11.3 Å². The standard InChI is InChI=1S/C26H28N4O2/c1-3-32-26(31)25-19(2)22-7-4-5-8-23(22)28-24(25)18-29-13-6-14-30(16-15-29)21-11-9-20(17-27)10-12-21/h4-5,7-12H,3,6,13-16,18H2,1-2H3. The molecule has 2 aromatic carbocycles. The van der Waals surface area contributed by atoms with Crippen molar-refractivity contribution in [1.29, 1.82) is 5.26 Å². The first-order valence-electron chi connectivity index (χ1n) is 11.1. The fourth-order valence-electron chi connectivity index (χ4n) is 4.38. The van der Waals surface area contributed by atoms with Crippen LogP contribution in [0, 0.1) is 18.3 Å². The number of rotatable bonds is 5. The smallest absolute Gasteiger partial charge is 0.340 e. The maximum Gasteiger partial charge on any atom is 0.340 e. The van der Waals surface area contributed by atoms with E-state index in [1.165, 1.54) is 0 Å². The number of para-hydroxylation sites is 1. The molecule has 6 heteroatoms. The second kappa shape index (κ2) is 9.80. The summed E-state index contributed by atoms with van der Waals surface area (Å²) in [4.78, 5) is 22.4. The van der Waals surface area contributed by atoms with Crippen LogP contribution in [0.15, 0.2) is 48.5 Å². The Bertz CT molecular complexity index is 1150. The third kappa shape index (κ3) is 4.58. The number of nitriles is 1. The van der Waals surface area contributed by atoms with Gasteiger partial charge < -0.3 is 9.64 Å². The molecule has 6 nitrogen and oxygen atoms in total. The minimum Gasteiger partial charge on any atom is -0.462 e. The van der Waals surface area contributed by atoms with E-state index in [0.29, 0.717) is 24.3 Å². The molecule has 2 heterocycles. The van der Waals surface area contributed by atoms with Crippen LogP contribution in [0.1, 0.15) is 40.5 Å². The van der Waals surface area contributed by atoms with Crippen molar-refractivity contribution in [2.45, 2.75) is 26.8 Å². The summed E-state index contributed by atoms with van der Waals surface area (Å²) in [6, 6.07) is 17.9. The molecule has 0 unspecified atom stereocenters. The molecular formula is C26H28N4O2. The number of ether oxygens (including phenoxy) is 1. The van der Waals surface area contributed by atoms with E-state index in [9.17, 15) is 4.79 Å². The minimum absolute atomic E-state index is 0.299. The van der Waals surface area contributed by atoms with Crippen LogP contribution in [0.5, 0.6) is 0 Å². The fourth-order valence-corrected chi connectivity index (χ4v) is 4.38. The average molecular weight is 429 g/mol. The third-order valence-electron chi connectivity index (χ3n) is 6.03. The second-order valence-corrected chi connectivity index (χ2v) is 8.07. The van der Waals surface area contributed by atoms with Crippen LogP contribution in [0.25, 0.3) is 10.9 Å². The monoisotopic (exact) mass is 428 g/mol. The summed E-state index contributed by atoms with van der Waals surface area (Å²) in [7, 11) is 0. The molecule has 0 bridgehead atoms. The number of fused-ring (bicyclic) bond motifs is 1. The molecule has 1 aromatic heterocycles. The second-order valence-electron chi connectivity index (χ2n) is 8.07. The lowest BCUT2D eigenvalue weighted by molar-refractivity contribution is 0.0522. The van der Waals surface area contributed by atoms with E-state index in [2.05, 4.69) is 15.9 Å². The first kappa shape index (κ1) is 21.8. The van der Waals surface area contributed by atoms with Crippen LogP contribution in [0.2, 0.25) is 0 Å². The molecule has 0 aliphatic carbocycles. The summed E-state index contributed by atoms with van der Waals surface area (Å²) in [6.45, 7) is 8.40. The van der Waals surface area contributed by atoms with Crippen molar-refractivity contribution in [3.05, 3.63) is 70.9 Å². The first-order chi connectivity index (χ1) is 15.6. The van der Waals surface area contributed by atoms with E-state index in [0.717, 1.165) is 60.4 Å². The van der Waals surface area contributed by atoms with Crippen molar-refractivity contribution in [2.75, 3.05) is 37.7 Å². The molecule has 0 spiro atoms. The van der Waals surface area contributed by atoms with E-state index >= 15 is 0 Å². The van der Waals surface area contributed by atoms with Gasteiger partial charge in [0.25, 0.3) is 0 Å². The van der Waals surface area contributed by atoms with Gasteiger partial charge in [-0.3, -0.25) is 9.88 Å². The fraction of sp³-hybridized carbons (Fsp3) is 0.346. The highest BCUT2D eigenvalue weighted by Crippen LogP contribution is 2.25. The summed E-state index contributed by atoms with van der Waals surface area (Å²) in [6.07, 6.45) is 1.02. The van der Waals surface area contributed by atoms with Gasteiger partial charge in [0.15, 0.2) is 0 Å². The highest BCUT2D eigenvalue weighted by atomic mass is 16.5. The van der Waals surface area contributed by atoms with E-state index in [1.54, 1.807) is 0 Å². The van der Waals surface area contributed by atoms with Gasteiger partial charge in [-0.15, -0.1) is 0 Å². The number of benzene rings is 2. The molecule has 3 aromatic rings. The molecule has 4 rings (SSSR count). The summed E-state index contributed by atoms with van der Waals surface area (Å²) in [5.41, 5.74) is 5.03. The predicted molar refractivity (Wildman–Crippen MR) is 126 cm³/mol. The van der Waals surface area contributed by atoms with Crippen LogP contribution in [0.4, 0.5) is 5.69 Å². The number of hydrogen-bond acceptors (Lipinski definition) is 6. The predicted octanol–water partition coefficient (Wildman–Crippen LogP) is 4.30. The lowest BCUT2D eigenvalue weighted by Gasteiger charge is -2.24. The van der Waals surface area contributed by atoms with Gasteiger partial charge in [0.05, 0.1) is 35.0 Å². The number of anilines is 1. The van der Waals surface area contributed by atoms with Crippen LogP contribution >= 0.6 is 0 Å². The Kier molecular flexibility index (Phi) is 6.67. The van der Waals surface area contributed by atoms with Gasteiger partial charge in [-0.1, -0.05) is 18.2 Å². The number of pyridine rings is 1. The van der Waals surface area contributed by atoms with Crippen LogP contribution < -0.4 is 4.90 Å². The highest BCUT2D eigenvalue weighted by Gasteiger charge is 2.23. The molecular weight excluding hydrogens is 400 g/mol. The van der Waals surface area contributed by atoms with Gasteiger partial charge in [-0.05, 0) is 56.2 Å². The summed E-state index contributed by atoms with van der Waals surface area (Å²) >= 11 is 0. The molecule has 1 aliphatic rings. The van der Waals surface area contributed by atoms with Crippen LogP contribution in [-0.4, -0.2) is 48.6 Å². The largest absolute Gasteiger partial charge is 0.462 e. The molecule has 164 valence electrons. The maximum atomic E-state index is 12.8. The Morgan fingerprint density at radius 1 is 1.09 bits per heavy atom. The lowest BCUT2D eigenvalue weighted by Crippen LogP contribution is -2.31. The topological polar surface area (TPSA) is 69.5 Å². The Morgan fingerprint density at radius 2 is 1.88 bits per heavy atom. The normalized spacial score (nSPS) is 14.7. The van der Waals surface area contributed by atoms with Gasteiger partial charge in [0, 0.05) is 43.8 Å². The van der Waals surface area contributed by atoms with Crippen LogP contribution in [0.3, 0.4) is 0 Å². The molecule has 0 radical (unpaired) electrons. The molecule has 32 heavy (non-hydrogen) atoms. The van der Waals surface area contributed by atoms with E-state index < -0.39 is 0 Å². The molecule has 1 aliphatic heterocycles. The number of esters is 1. The van der Waals surface area contributed by atoms with Crippen molar-refractivity contribution in [3.8, 4) is 6.07 Å². The quantitative estimate of drug-likeness (QED) is 0.564. The molecule has 0 amide bonds. The van der Waals surface area contributed by atoms with Gasteiger partial charge >= 0.3 is 5.97 Å². The number of nitrogens with zero attached hydrogens (tertiary/aromatic N) is 4. The third-order valence-corrected chi connectivity index (χ3v) is 6.03. The summed E-state index contributed by atoms with van der Waals surface area (Å²) < 4.78 is 5.38. The maximum absolute atomic E-state index is 12.8. The molecule has 0 N–H and O–H groups in total. The van der Waals surface area contributed by atoms with Gasteiger partial charge in [0.2, 0.25) is 0 Å². The number of carbonyl (C=O) groups excluding carboxylic acids is 1. The first-order valence-corrected chi connectivity index (χ1v) is 11.1. The highest BCUT2D eigenvalue weighted by molar-refractivity contribution is 5.98. The van der Waals surface area contributed by atoms with E-state index in [4.69, 9.17) is 15.0 Å². The van der Waals surface area contributed by atoms with Crippen molar-refractivity contribution >= 4 is 22.6 Å². The zero-order chi connectivity index (χ0) is 22.5. The SMILES string of the molecule is CCOC(=O)c1c(CN2CCCN(c3ccc(C#N)cc3)CC2)nc2ccccc2c1C. The lowest BCUT2D eigenvalue weighted by atomic mass is 10.0. The van der Waals surface area contributed by atoms with Gasteiger partial charge in [-0.2, -0.15) is 5.26 Å². The number of aryl methyl sites for hydroxylation is 1. The van der Waals surface area contributed by atoms with Crippen molar-refractivity contribution in [1.82, 2.24) is 9.88 Å². The summed E-state index contributed by atoms with van der Waals surface area (Å²) in [5.74, 6) is -0.299. The Morgan fingerprint density at radius 3 is 2.62 bits per heavy atom. The number of carbonyl (C=O) groups is 1. The molecule has 0 atom stereocenters. The Labute approximate surface area is 189 Å². The zero-order valence-corrected chi connectivity index (χ0v) is 18.7. The molecule has 0 saturated carbocycles. The van der Waals surface area contributed by atoms with Crippen molar-refractivity contribution in [3.63, 3.8) is 0 Å². The summed E-state index contributed by atoms with van der Waals surface area (Å²) in [5, 5.41) is 10.0. The van der Waals surface area contributed by atoms with E-state index in [-0.39, 0.29) is 5.97 Å². The zero-order valence-electron chi connectivity index (χ0n) is 18.7. The molecule has 1 fully saturated rings. The van der Waals surface area contributed by atoms with Gasteiger partial charge in [0.1, 0.15) is 0 Å². The number of aromatic nitrogens is 1. The molecule has 1 saturated heterocycles. The Hall–Kier alpha value is -3.43. The minimum atomic E-state index is -0.299. The van der Waals surface area contributed by atoms with E-state index in [1.807, 2.05) is 62.4 Å². The number of hydrogen-bond donors (Lipinski definition) is 0. The van der Waals surface area contributed by atoms with Crippen molar-refractivity contribution in [2.24, 2.45) is 0 Å². The van der Waals surface area contributed by atoms with Gasteiger partial charge in [-0.25, -0.2) is 4.79 Å². The van der Waals surface area contributed by atoms with Crippen molar-refractivity contribution < 1.29 is 9.53 Å². The Balaban J connectivity index is 1.56.